The predicted molar refractivity (Wildman–Crippen MR) is 93.1 cm³/mol. The van der Waals surface area contributed by atoms with Gasteiger partial charge >= 0.3 is 0 Å². The minimum Gasteiger partial charge on any atom is -0.507 e. The molecule has 9 heteroatoms. The van der Waals surface area contributed by atoms with Gasteiger partial charge in [0.1, 0.15) is 5.75 Å². The molecule has 27 heavy (non-hydrogen) atoms. The van der Waals surface area contributed by atoms with E-state index in [1.54, 1.807) is 41.5 Å². The number of piperidine rings is 1. The van der Waals surface area contributed by atoms with Gasteiger partial charge in [-0.15, -0.1) is 0 Å². The fourth-order valence-corrected chi connectivity index (χ4v) is 2.93. The summed E-state index contributed by atoms with van der Waals surface area (Å²) in [5.74, 6) is -2.91. The number of ether oxygens (including phenoxy) is 1. The van der Waals surface area contributed by atoms with Gasteiger partial charge in [-0.05, 0) is 18.7 Å². The van der Waals surface area contributed by atoms with Crippen LogP contribution in [-0.4, -0.2) is 49.7 Å². The first-order valence-electron chi connectivity index (χ1n) is 8.42. The van der Waals surface area contributed by atoms with Gasteiger partial charge in [0.25, 0.3) is 5.92 Å². The third kappa shape index (κ3) is 3.59. The number of nitrogens with zero attached hydrogens (tertiary/aromatic N) is 4. The van der Waals surface area contributed by atoms with Crippen molar-refractivity contribution in [3.05, 3.63) is 49.3 Å². The molecule has 0 unspecified atom stereocenters. The Labute approximate surface area is 153 Å². The van der Waals surface area contributed by atoms with Crippen molar-refractivity contribution in [1.82, 2.24) is 24.8 Å². The average Bonchev–Trinajstić information content (AvgIpc) is 3.19. The first kappa shape index (κ1) is 17.3. The normalized spacial score (nSPS) is 19.0. The van der Waals surface area contributed by atoms with Gasteiger partial charge in [0.05, 0.1) is 36.6 Å². The van der Waals surface area contributed by atoms with E-state index in [1.807, 2.05) is 0 Å². The highest BCUT2D eigenvalue weighted by molar-refractivity contribution is 5.68. The van der Waals surface area contributed by atoms with Crippen LogP contribution in [0.4, 0.5) is 8.78 Å². The molecule has 3 aromatic rings. The van der Waals surface area contributed by atoms with E-state index in [1.165, 1.54) is 12.4 Å². The highest BCUT2D eigenvalue weighted by Crippen LogP contribution is 2.31. The number of benzene rings is 1. The number of aromatic nitrogens is 4. The average molecular weight is 373 g/mol. The third-order valence-corrected chi connectivity index (χ3v) is 4.37. The van der Waals surface area contributed by atoms with Gasteiger partial charge in [-0.2, -0.15) is 0 Å². The summed E-state index contributed by atoms with van der Waals surface area (Å²) in [6, 6.07) is 5.09. The predicted octanol–water partition coefficient (Wildman–Crippen LogP) is 2.41. The molecule has 7 nitrogen and oxygen atoms in total. The largest absolute Gasteiger partial charge is 0.507 e. The zero-order valence-electron chi connectivity index (χ0n) is 14.2. The molecule has 0 radical (unpaired) electrons. The van der Waals surface area contributed by atoms with Crippen LogP contribution in [0.1, 0.15) is 6.42 Å². The minimum absolute atomic E-state index is 0.0223. The fraction of sp³-hybridized carbons (Fsp3) is 0.278. The number of hydrogen-bond acceptors (Lipinski definition) is 6. The molecule has 140 valence electrons. The van der Waals surface area contributed by atoms with Gasteiger partial charge in [0.15, 0.2) is 6.10 Å². The molecule has 1 aromatic carbocycles. The second-order valence-corrected chi connectivity index (χ2v) is 6.24. The highest BCUT2D eigenvalue weighted by atomic mass is 19.3. The Balaban J connectivity index is 1.52. The van der Waals surface area contributed by atoms with Crippen molar-refractivity contribution in [3.63, 3.8) is 0 Å². The first-order chi connectivity index (χ1) is 13.0. The number of alkyl halides is 2. The van der Waals surface area contributed by atoms with Crippen LogP contribution in [0.3, 0.4) is 0 Å². The van der Waals surface area contributed by atoms with Gasteiger partial charge in [-0.3, -0.25) is 0 Å². The van der Waals surface area contributed by atoms with E-state index in [-0.39, 0.29) is 18.1 Å². The summed E-state index contributed by atoms with van der Waals surface area (Å²) in [6.45, 7) is 0.0449. The third-order valence-electron chi connectivity index (χ3n) is 4.37. The standard InChI is InChI=1S/C18H17F2N5O2/c19-18(20)10-21-4-3-16(18)27-17-9-23-14(8-24-17)13-2-1-12(7-15(13)26)25-6-5-22-11-25/h1-2,5-9,11,16,21,26H,3-4,10H2/t16-/m1/s1. The number of hydrogen-bond donors (Lipinski definition) is 2. The smallest absolute Gasteiger partial charge is 0.296 e. The Morgan fingerprint density at radius 3 is 2.81 bits per heavy atom. The van der Waals surface area contributed by atoms with Crippen molar-refractivity contribution >= 4 is 0 Å². The number of aromatic hydroxyl groups is 1. The van der Waals surface area contributed by atoms with Crippen LogP contribution in [0.25, 0.3) is 16.9 Å². The topological polar surface area (TPSA) is 85.1 Å². The van der Waals surface area contributed by atoms with Crippen LogP contribution in [0.5, 0.6) is 11.6 Å². The van der Waals surface area contributed by atoms with Crippen molar-refractivity contribution < 1.29 is 18.6 Å². The zero-order valence-corrected chi connectivity index (χ0v) is 14.2. The van der Waals surface area contributed by atoms with E-state index in [4.69, 9.17) is 4.74 Å². The molecule has 1 aliphatic rings. The van der Waals surface area contributed by atoms with Crippen molar-refractivity contribution in [1.29, 1.82) is 0 Å². The van der Waals surface area contributed by atoms with Crippen LogP contribution < -0.4 is 10.1 Å². The monoisotopic (exact) mass is 373 g/mol. The number of phenols is 1. The van der Waals surface area contributed by atoms with E-state index in [0.717, 1.165) is 5.69 Å². The number of nitrogens with one attached hydrogen (secondary N) is 1. The second-order valence-electron chi connectivity index (χ2n) is 6.24. The summed E-state index contributed by atoms with van der Waals surface area (Å²) >= 11 is 0. The maximum Gasteiger partial charge on any atom is 0.296 e. The van der Waals surface area contributed by atoms with E-state index >= 15 is 0 Å². The molecule has 0 saturated carbocycles. The van der Waals surface area contributed by atoms with Gasteiger partial charge in [-0.1, -0.05) is 0 Å². The fourth-order valence-electron chi connectivity index (χ4n) is 2.93. The molecule has 3 heterocycles. The van der Waals surface area contributed by atoms with E-state index in [0.29, 0.717) is 17.8 Å². The molecule has 2 aromatic heterocycles. The Kier molecular flexibility index (Phi) is 4.44. The van der Waals surface area contributed by atoms with Crippen LogP contribution >= 0.6 is 0 Å². The van der Waals surface area contributed by atoms with Gasteiger partial charge in [0, 0.05) is 30.4 Å². The van der Waals surface area contributed by atoms with Crippen molar-refractivity contribution in [2.45, 2.75) is 18.4 Å². The van der Waals surface area contributed by atoms with Crippen molar-refractivity contribution in [2.24, 2.45) is 0 Å². The van der Waals surface area contributed by atoms with E-state index in [2.05, 4.69) is 20.3 Å². The van der Waals surface area contributed by atoms with Crippen molar-refractivity contribution in [2.75, 3.05) is 13.1 Å². The molecule has 0 bridgehead atoms. The lowest BCUT2D eigenvalue weighted by atomic mass is 10.1. The Bertz CT molecular complexity index is 916. The Hall–Kier alpha value is -3.07. The van der Waals surface area contributed by atoms with Crippen LogP contribution in [0, 0.1) is 0 Å². The number of halogens is 2. The van der Waals surface area contributed by atoms with Gasteiger partial charge in [-0.25, -0.2) is 23.7 Å². The molecule has 2 N–H and O–H groups in total. The van der Waals surface area contributed by atoms with Crippen molar-refractivity contribution in [3.8, 4) is 28.6 Å². The maximum atomic E-state index is 13.8. The molecule has 4 rings (SSSR count). The number of rotatable bonds is 4. The first-order valence-corrected chi connectivity index (χ1v) is 8.42. The summed E-state index contributed by atoms with van der Waals surface area (Å²) < 4.78 is 34.7. The quantitative estimate of drug-likeness (QED) is 0.731. The van der Waals surface area contributed by atoms with Gasteiger partial charge < -0.3 is 19.7 Å². The summed E-state index contributed by atoms with van der Waals surface area (Å²) in [5.41, 5.74) is 1.63. The summed E-state index contributed by atoms with van der Waals surface area (Å²) in [5, 5.41) is 12.9. The number of phenolic OH excluding ortho intramolecular Hbond substituents is 1. The van der Waals surface area contributed by atoms with E-state index < -0.39 is 18.6 Å². The lowest BCUT2D eigenvalue weighted by Gasteiger charge is -2.31. The van der Waals surface area contributed by atoms with Crippen LogP contribution in [0.2, 0.25) is 0 Å². The molecule has 1 aliphatic heterocycles. The maximum absolute atomic E-state index is 13.8. The van der Waals surface area contributed by atoms with Crippen LogP contribution in [-0.2, 0) is 0 Å². The molecule has 1 saturated heterocycles. The lowest BCUT2D eigenvalue weighted by Crippen LogP contribution is -2.52. The lowest BCUT2D eigenvalue weighted by molar-refractivity contribution is -0.110. The SMILES string of the molecule is Oc1cc(-n2ccnc2)ccc1-c1cnc(O[C@@H]2CCNCC2(F)F)cn1. The molecule has 1 fully saturated rings. The summed E-state index contributed by atoms with van der Waals surface area (Å²) in [4.78, 5) is 12.2. The summed E-state index contributed by atoms with van der Waals surface area (Å²) in [6.07, 6.45) is 6.65. The molecule has 0 spiro atoms. The summed E-state index contributed by atoms with van der Waals surface area (Å²) in [7, 11) is 0. The second kappa shape index (κ2) is 6.92. The zero-order chi connectivity index (χ0) is 18.9. The molecular weight excluding hydrogens is 356 g/mol. The molecule has 0 aliphatic carbocycles. The van der Waals surface area contributed by atoms with E-state index in [9.17, 15) is 13.9 Å². The highest BCUT2D eigenvalue weighted by Gasteiger charge is 2.43. The number of imidazole rings is 1. The molecule has 1 atom stereocenters. The Morgan fingerprint density at radius 2 is 2.15 bits per heavy atom. The van der Waals surface area contributed by atoms with Crippen LogP contribution in [0.15, 0.2) is 49.3 Å². The van der Waals surface area contributed by atoms with Gasteiger partial charge in [0.2, 0.25) is 5.88 Å². The minimum atomic E-state index is -2.96. The molecular formula is C18H17F2N5O2. The molecule has 0 amide bonds. The Morgan fingerprint density at radius 1 is 1.26 bits per heavy atom.